The predicted molar refractivity (Wildman–Crippen MR) is 64.1 cm³/mol. The number of likely N-dealkylation sites (tertiary alicyclic amines) is 2. The molecule has 0 radical (unpaired) electrons. The fraction of sp³-hybridized carbons (Fsp3) is 0.917. The summed E-state index contributed by atoms with van der Waals surface area (Å²) in [5.74, 6) is -0.887. The van der Waals surface area contributed by atoms with Crippen LogP contribution in [0.3, 0.4) is 0 Å². The number of piperidine rings is 1. The molecule has 5 nitrogen and oxygen atoms in total. The highest BCUT2D eigenvalue weighted by molar-refractivity contribution is 5.68. The number of hydrogen-bond donors (Lipinski definition) is 1. The van der Waals surface area contributed by atoms with Gasteiger partial charge in [-0.25, -0.2) is 4.79 Å². The van der Waals surface area contributed by atoms with Crippen LogP contribution in [0.25, 0.3) is 0 Å². The zero-order chi connectivity index (χ0) is 12.5. The average molecular weight is 242 g/mol. The molecular weight excluding hydrogens is 220 g/mol. The van der Waals surface area contributed by atoms with Gasteiger partial charge in [0.15, 0.2) is 0 Å². The lowest BCUT2D eigenvalue weighted by molar-refractivity contribution is -0.171. The van der Waals surface area contributed by atoms with Crippen molar-refractivity contribution in [3.63, 3.8) is 0 Å². The summed E-state index contributed by atoms with van der Waals surface area (Å²) in [5, 5.41) is 8.60. The van der Waals surface area contributed by atoms with E-state index >= 15 is 0 Å². The molecule has 0 saturated carbocycles. The first-order chi connectivity index (χ1) is 7.98. The van der Waals surface area contributed by atoms with E-state index in [0.717, 1.165) is 19.6 Å². The van der Waals surface area contributed by atoms with Crippen molar-refractivity contribution in [2.24, 2.45) is 0 Å². The molecule has 2 fully saturated rings. The molecule has 98 valence electrons. The minimum atomic E-state index is -0.887. The van der Waals surface area contributed by atoms with Gasteiger partial charge in [-0.05, 0) is 33.4 Å². The number of ether oxygens (including phenoxy) is 1. The Morgan fingerprint density at radius 1 is 1.53 bits per heavy atom. The molecule has 5 heteroatoms. The summed E-state index contributed by atoms with van der Waals surface area (Å²) in [5.41, 5.74) is -0.256. The predicted octanol–water partition coefficient (Wildman–Crippen LogP) is 0.256. The molecule has 2 aliphatic rings. The Morgan fingerprint density at radius 2 is 2.24 bits per heavy atom. The second kappa shape index (κ2) is 4.92. The van der Waals surface area contributed by atoms with Crippen LogP contribution in [0.2, 0.25) is 0 Å². The van der Waals surface area contributed by atoms with Crippen LogP contribution >= 0.6 is 0 Å². The van der Waals surface area contributed by atoms with Crippen LogP contribution < -0.4 is 0 Å². The molecule has 2 rings (SSSR count). The van der Waals surface area contributed by atoms with Gasteiger partial charge in [-0.1, -0.05) is 0 Å². The Labute approximate surface area is 102 Å². The summed E-state index contributed by atoms with van der Waals surface area (Å²) in [6.45, 7) is 5.84. The van der Waals surface area contributed by atoms with Gasteiger partial charge in [0.25, 0.3) is 0 Å². The Kier molecular flexibility index (Phi) is 3.70. The quantitative estimate of drug-likeness (QED) is 0.766. The number of nitrogens with zero attached hydrogens (tertiary/aromatic N) is 2. The molecule has 2 heterocycles. The Bertz CT molecular complexity index is 289. The van der Waals surface area contributed by atoms with Gasteiger partial charge < -0.3 is 14.7 Å². The number of aliphatic carboxylic acids is 1. The van der Waals surface area contributed by atoms with Crippen LogP contribution in [-0.2, 0) is 9.53 Å². The standard InChI is InChI=1S/C12H22N2O3/c1-12(17-7-11(15)16)8-14(9-12)10-4-3-5-13(2)6-10/h10H,3-9H2,1-2H3,(H,15,16). The smallest absolute Gasteiger partial charge is 0.329 e. The van der Waals surface area contributed by atoms with E-state index in [0.29, 0.717) is 6.04 Å². The van der Waals surface area contributed by atoms with Gasteiger partial charge in [-0.3, -0.25) is 4.90 Å². The van der Waals surface area contributed by atoms with Gasteiger partial charge >= 0.3 is 5.97 Å². The summed E-state index contributed by atoms with van der Waals surface area (Å²) < 4.78 is 5.42. The van der Waals surface area contributed by atoms with Crippen LogP contribution in [0.4, 0.5) is 0 Å². The molecule has 2 saturated heterocycles. The Balaban J connectivity index is 1.75. The molecule has 2 aliphatic heterocycles. The molecule has 0 bridgehead atoms. The molecule has 0 aromatic carbocycles. The van der Waals surface area contributed by atoms with E-state index in [1.165, 1.54) is 19.4 Å². The van der Waals surface area contributed by atoms with Crippen LogP contribution in [0.5, 0.6) is 0 Å². The number of carboxylic acids is 1. The third-order valence-electron chi connectivity index (χ3n) is 3.74. The molecule has 0 aliphatic carbocycles. The van der Waals surface area contributed by atoms with Gasteiger partial charge in [0.2, 0.25) is 0 Å². The lowest BCUT2D eigenvalue weighted by Gasteiger charge is -2.52. The lowest BCUT2D eigenvalue weighted by atomic mass is 9.91. The maximum absolute atomic E-state index is 10.5. The molecular formula is C12H22N2O3. The highest BCUT2D eigenvalue weighted by atomic mass is 16.5. The number of carbonyl (C=O) groups is 1. The van der Waals surface area contributed by atoms with Crippen molar-refractivity contribution >= 4 is 5.97 Å². The SMILES string of the molecule is CN1CCCC(N2CC(C)(OCC(=O)O)C2)C1. The van der Waals surface area contributed by atoms with Gasteiger partial charge in [-0.2, -0.15) is 0 Å². The maximum Gasteiger partial charge on any atom is 0.329 e. The molecule has 0 amide bonds. The highest BCUT2D eigenvalue weighted by Crippen LogP contribution is 2.29. The summed E-state index contributed by atoms with van der Waals surface area (Å²) in [6, 6.07) is 0.621. The maximum atomic E-state index is 10.5. The van der Waals surface area contributed by atoms with Crippen molar-refractivity contribution in [2.75, 3.05) is 39.8 Å². The van der Waals surface area contributed by atoms with Crippen LogP contribution in [0, 0.1) is 0 Å². The van der Waals surface area contributed by atoms with E-state index in [2.05, 4.69) is 16.8 Å². The Morgan fingerprint density at radius 3 is 2.82 bits per heavy atom. The normalized spacial score (nSPS) is 29.9. The third kappa shape index (κ3) is 3.18. The van der Waals surface area contributed by atoms with Crippen molar-refractivity contribution in [3.8, 4) is 0 Å². The minimum Gasteiger partial charge on any atom is -0.480 e. The van der Waals surface area contributed by atoms with E-state index in [4.69, 9.17) is 9.84 Å². The molecule has 1 unspecified atom stereocenters. The average Bonchev–Trinajstić information content (AvgIpc) is 2.22. The number of hydrogen-bond acceptors (Lipinski definition) is 4. The van der Waals surface area contributed by atoms with E-state index in [1.807, 2.05) is 6.92 Å². The van der Waals surface area contributed by atoms with Crippen molar-refractivity contribution in [1.82, 2.24) is 9.80 Å². The van der Waals surface area contributed by atoms with Crippen molar-refractivity contribution in [3.05, 3.63) is 0 Å². The second-order valence-electron chi connectivity index (χ2n) is 5.60. The first-order valence-electron chi connectivity index (χ1n) is 6.27. The van der Waals surface area contributed by atoms with E-state index < -0.39 is 5.97 Å². The molecule has 0 spiro atoms. The number of carboxylic acid groups (broad SMARTS) is 1. The topological polar surface area (TPSA) is 53.0 Å². The second-order valence-corrected chi connectivity index (χ2v) is 5.60. The molecule has 17 heavy (non-hydrogen) atoms. The first kappa shape index (κ1) is 12.8. The molecule has 1 atom stereocenters. The van der Waals surface area contributed by atoms with Crippen molar-refractivity contribution < 1.29 is 14.6 Å². The fourth-order valence-electron chi connectivity index (χ4n) is 2.84. The summed E-state index contributed by atoms with van der Waals surface area (Å²) in [7, 11) is 2.16. The van der Waals surface area contributed by atoms with Crippen molar-refractivity contribution in [2.45, 2.75) is 31.4 Å². The van der Waals surface area contributed by atoms with Crippen LogP contribution in [0.15, 0.2) is 0 Å². The third-order valence-corrected chi connectivity index (χ3v) is 3.74. The summed E-state index contributed by atoms with van der Waals surface area (Å²) in [4.78, 5) is 15.2. The van der Waals surface area contributed by atoms with E-state index in [1.54, 1.807) is 0 Å². The minimum absolute atomic E-state index is 0.186. The van der Waals surface area contributed by atoms with Gasteiger partial charge in [-0.15, -0.1) is 0 Å². The van der Waals surface area contributed by atoms with Crippen molar-refractivity contribution in [1.29, 1.82) is 0 Å². The lowest BCUT2D eigenvalue weighted by Crippen LogP contribution is -2.66. The van der Waals surface area contributed by atoms with Crippen LogP contribution in [0.1, 0.15) is 19.8 Å². The molecule has 0 aromatic rings. The summed E-state index contributed by atoms with van der Waals surface area (Å²) in [6.07, 6.45) is 2.50. The van der Waals surface area contributed by atoms with Gasteiger partial charge in [0.1, 0.15) is 6.61 Å². The fourth-order valence-corrected chi connectivity index (χ4v) is 2.84. The number of rotatable bonds is 4. The van der Waals surface area contributed by atoms with Gasteiger partial charge in [0, 0.05) is 25.7 Å². The van der Waals surface area contributed by atoms with E-state index in [-0.39, 0.29) is 12.2 Å². The summed E-state index contributed by atoms with van der Waals surface area (Å²) >= 11 is 0. The first-order valence-corrected chi connectivity index (χ1v) is 6.27. The zero-order valence-electron chi connectivity index (χ0n) is 10.7. The largest absolute Gasteiger partial charge is 0.480 e. The molecule has 0 aromatic heterocycles. The van der Waals surface area contributed by atoms with Gasteiger partial charge in [0.05, 0.1) is 5.60 Å². The monoisotopic (exact) mass is 242 g/mol. The van der Waals surface area contributed by atoms with Crippen LogP contribution in [-0.4, -0.2) is 72.4 Å². The zero-order valence-corrected chi connectivity index (χ0v) is 10.7. The number of likely N-dealkylation sites (N-methyl/N-ethyl adjacent to an activating group) is 1. The molecule has 1 N–H and O–H groups in total. The van der Waals surface area contributed by atoms with E-state index in [9.17, 15) is 4.79 Å². The Hall–Kier alpha value is -0.650. The highest BCUT2D eigenvalue weighted by Gasteiger charge is 2.43.